The molecule has 4 rings (SSSR count). The van der Waals surface area contributed by atoms with Gasteiger partial charge in [0.05, 0.1) is 17.2 Å². The third kappa shape index (κ3) is 2.98. The SMILES string of the molecule is Cc1c(N2CCNCC2)c(F)cc2c(=O)c(C(=O)O)cn(C3CC3(Cl)Cl)c12. The first-order valence-corrected chi connectivity index (χ1v) is 9.42. The van der Waals surface area contributed by atoms with Crippen molar-refractivity contribution in [1.82, 2.24) is 9.88 Å². The quantitative estimate of drug-likeness (QED) is 0.756. The summed E-state index contributed by atoms with van der Waals surface area (Å²) in [5.74, 6) is -1.90. The first-order valence-electron chi connectivity index (χ1n) is 8.67. The maximum absolute atomic E-state index is 15.0. The van der Waals surface area contributed by atoms with Gasteiger partial charge in [-0.1, -0.05) is 23.2 Å². The lowest BCUT2D eigenvalue weighted by Gasteiger charge is -2.31. The van der Waals surface area contributed by atoms with Crippen LogP contribution in [-0.2, 0) is 0 Å². The summed E-state index contributed by atoms with van der Waals surface area (Å²) >= 11 is 12.4. The maximum Gasteiger partial charge on any atom is 0.341 e. The Hall–Kier alpha value is -1.83. The summed E-state index contributed by atoms with van der Waals surface area (Å²) < 4.78 is 15.6. The van der Waals surface area contributed by atoms with Crippen molar-refractivity contribution in [3.8, 4) is 0 Å². The van der Waals surface area contributed by atoms with Gasteiger partial charge in [-0.25, -0.2) is 9.18 Å². The highest BCUT2D eigenvalue weighted by molar-refractivity contribution is 6.51. The van der Waals surface area contributed by atoms with E-state index in [-0.39, 0.29) is 11.4 Å². The molecule has 144 valence electrons. The molecule has 1 unspecified atom stereocenters. The maximum atomic E-state index is 15.0. The molecule has 1 aliphatic heterocycles. The highest BCUT2D eigenvalue weighted by Crippen LogP contribution is 2.57. The van der Waals surface area contributed by atoms with Crippen molar-refractivity contribution in [3.63, 3.8) is 0 Å². The molecule has 0 radical (unpaired) electrons. The molecule has 2 N–H and O–H groups in total. The van der Waals surface area contributed by atoms with Crippen molar-refractivity contribution in [1.29, 1.82) is 0 Å². The number of hydrogen-bond donors (Lipinski definition) is 2. The number of fused-ring (bicyclic) bond motifs is 1. The molecule has 0 bridgehead atoms. The molecule has 1 aromatic heterocycles. The first kappa shape index (κ1) is 18.5. The zero-order valence-electron chi connectivity index (χ0n) is 14.6. The van der Waals surface area contributed by atoms with Crippen molar-refractivity contribution in [2.45, 2.75) is 23.7 Å². The van der Waals surface area contributed by atoms with Crippen LogP contribution in [0, 0.1) is 12.7 Å². The van der Waals surface area contributed by atoms with Crippen LogP contribution in [0.5, 0.6) is 0 Å². The lowest BCUT2D eigenvalue weighted by atomic mass is 10.0. The van der Waals surface area contributed by atoms with Crippen LogP contribution in [0.25, 0.3) is 10.9 Å². The number of halogens is 3. The minimum absolute atomic E-state index is 0.0276. The number of benzene rings is 1. The Kier molecular flexibility index (Phi) is 4.36. The molecular formula is C18H18Cl2FN3O3. The number of carboxylic acid groups (broad SMARTS) is 1. The number of rotatable bonds is 3. The Morgan fingerprint density at radius 2 is 2.00 bits per heavy atom. The number of nitrogens with one attached hydrogen (secondary N) is 1. The van der Waals surface area contributed by atoms with E-state index in [9.17, 15) is 19.1 Å². The van der Waals surface area contributed by atoms with E-state index in [1.54, 1.807) is 11.5 Å². The number of piperazine rings is 1. The number of anilines is 1. The van der Waals surface area contributed by atoms with E-state index in [2.05, 4.69) is 5.32 Å². The van der Waals surface area contributed by atoms with Gasteiger partial charge in [0.1, 0.15) is 15.7 Å². The molecule has 1 saturated heterocycles. The lowest BCUT2D eigenvalue weighted by Crippen LogP contribution is -2.44. The third-order valence-electron chi connectivity index (χ3n) is 5.27. The summed E-state index contributed by atoms with van der Waals surface area (Å²) in [6.07, 6.45) is 1.70. The molecule has 2 fully saturated rings. The number of aryl methyl sites for hydroxylation is 1. The van der Waals surface area contributed by atoms with Crippen LogP contribution in [0.1, 0.15) is 28.4 Å². The summed E-state index contributed by atoms with van der Waals surface area (Å²) in [7, 11) is 0. The summed E-state index contributed by atoms with van der Waals surface area (Å²) in [6.45, 7) is 4.48. The number of carboxylic acids is 1. The minimum atomic E-state index is -1.37. The van der Waals surface area contributed by atoms with Crippen molar-refractivity contribution in [2.75, 3.05) is 31.1 Å². The van der Waals surface area contributed by atoms with Gasteiger partial charge < -0.3 is 19.9 Å². The van der Waals surface area contributed by atoms with Crippen LogP contribution in [0.4, 0.5) is 10.1 Å². The van der Waals surface area contributed by atoms with E-state index in [0.717, 1.165) is 19.2 Å². The number of pyridine rings is 1. The highest BCUT2D eigenvalue weighted by atomic mass is 35.5. The molecular weight excluding hydrogens is 396 g/mol. The summed E-state index contributed by atoms with van der Waals surface area (Å²) in [5.41, 5.74) is 0.353. The molecule has 1 atom stereocenters. The van der Waals surface area contributed by atoms with Crippen LogP contribution in [0.15, 0.2) is 17.1 Å². The zero-order chi connectivity index (χ0) is 19.5. The molecule has 9 heteroatoms. The van der Waals surface area contributed by atoms with E-state index in [1.807, 2.05) is 4.90 Å². The second-order valence-corrected chi connectivity index (χ2v) is 8.57. The first-order chi connectivity index (χ1) is 12.7. The number of nitrogens with zero attached hydrogens (tertiary/aromatic N) is 2. The molecule has 0 spiro atoms. The van der Waals surface area contributed by atoms with E-state index < -0.39 is 27.1 Å². The van der Waals surface area contributed by atoms with Crippen molar-refractivity contribution in [3.05, 3.63) is 39.4 Å². The van der Waals surface area contributed by atoms with Crippen molar-refractivity contribution in [2.24, 2.45) is 0 Å². The summed E-state index contributed by atoms with van der Waals surface area (Å²) in [4.78, 5) is 26.1. The molecule has 6 nitrogen and oxygen atoms in total. The molecule has 27 heavy (non-hydrogen) atoms. The van der Waals surface area contributed by atoms with Crippen LogP contribution in [0.2, 0.25) is 0 Å². The van der Waals surface area contributed by atoms with Crippen LogP contribution in [-0.4, -0.2) is 46.2 Å². The second-order valence-electron chi connectivity index (χ2n) is 7.03. The number of aromatic carboxylic acids is 1. The average Bonchev–Trinajstić information content (AvgIpc) is 3.24. The third-order valence-corrected chi connectivity index (χ3v) is 6.08. The van der Waals surface area contributed by atoms with Crippen molar-refractivity contribution < 1.29 is 14.3 Å². The summed E-state index contributed by atoms with van der Waals surface area (Å²) in [5, 5.41) is 12.6. The topological polar surface area (TPSA) is 74.6 Å². The fourth-order valence-electron chi connectivity index (χ4n) is 3.85. The molecule has 2 aliphatic rings. The number of alkyl halides is 2. The monoisotopic (exact) mass is 413 g/mol. The predicted octanol–water partition coefficient (Wildman–Crippen LogP) is 2.68. The van der Waals surface area contributed by atoms with Gasteiger partial charge in [-0.05, 0) is 18.6 Å². The smallest absolute Gasteiger partial charge is 0.341 e. The van der Waals surface area contributed by atoms with Crippen LogP contribution >= 0.6 is 23.2 Å². The average molecular weight is 414 g/mol. The van der Waals surface area contributed by atoms with Crippen LogP contribution < -0.4 is 15.6 Å². The number of hydrogen-bond acceptors (Lipinski definition) is 4. The van der Waals surface area contributed by atoms with E-state index in [1.165, 1.54) is 6.20 Å². The number of carbonyl (C=O) groups is 1. The molecule has 1 aromatic carbocycles. The van der Waals surface area contributed by atoms with E-state index in [4.69, 9.17) is 23.2 Å². The molecule has 2 aromatic rings. The van der Waals surface area contributed by atoms with E-state index >= 15 is 0 Å². The normalized spacial score (nSPS) is 21.5. The lowest BCUT2D eigenvalue weighted by molar-refractivity contribution is 0.0695. The fourth-order valence-corrected chi connectivity index (χ4v) is 4.35. The van der Waals surface area contributed by atoms with E-state index in [0.29, 0.717) is 36.3 Å². The predicted molar refractivity (Wildman–Crippen MR) is 103 cm³/mol. The van der Waals surface area contributed by atoms with Gasteiger partial charge >= 0.3 is 5.97 Å². The van der Waals surface area contributed by atoms with Gasteiger partial charge in [0.2, 0.25) is 5.43 Å². The second kappa shape index (κ2) is 6.36. The van der Waals surface area contributed by atoms with Crippen LogP contribution in [0.3, 0.4) is 0 Å². The van der Waals surface area contributed by atoms with Gasteiger partial charge in [-0.15, -0.1) is 0 Å². The zero-order valence-corrected chi connectivity index (χ0v) is 16.1. The molecule has 1 saturated carbocycles. The molecule has 1 aliphatic carbocycles. The van der Waals surface area contributed by atoms with Gasteiger partial charge in [0.25, 0.3) is 0 Å². The summed E-state index contributed by atoms with van der Waals surface area (Å²) in [6, 6.07) is 0.763. The standard InChI is InChI=1S/C18H18Cl2FN3O3/c1-9-14-10(6-12(21)15(9)23-4-2-22-3-5-23)16(25)11(17(26)27)8-24(14)13-7-18(13,19)20/h6,8,13,22H,2-5,7H2,1H3,(H,26,27). The molecule has 0 amide bonds. The largest absolute Gasteiger partial charge is 0.477 e. The highest BCUT2D eigenvalue weighted by Gasteiger charge is 2.53. The minimum Gasteiger partial charge on any atom is -0.477 e. The Balaban J connectivity index is 2.03. The van der Waals surface area contributed by atoms with Gasteiger partial charge in [0, 0.05) is 44.2 Å². The van der Waals surface area contributed by atoms with Crippen molar-refractivity contribution >= 4 is 45.8 Å². The Morgan fingerprint density at radius 1 is 1.37 bits per heavy atom. The van der Waals surface area contributed by atoms with Gasteiger partial charge in [-0.3, -0.25) is 4.79 Å². The number of aromatic nitrogens is 1. The van der Waals surface area contributed by atoms with Gasteiger partial charge in [0.15, 0.2) is 0 Å². The Morgan fingerprint density at radius 3 is 2.56 bits per heavy atom. The Labute approximate surface area is 164 Å². The van der Waals surface area contributed by atoms with Gasteiger partial charge in [-0.2, -0.15) is 0 Å². The molecule has 2 heterocycles. The fraction of sp³-hybridized carbons (Fsp3) is 0.444. The Bertz CT molecular complexity index is 1020.